The molecule has 41 heavy (non-hydrogen) atoms. The molecule has 0 heterocycles. The van der Waals surface area contributed by atoms with Crippen LogP contribution in [0.15, 0.2) is 86.0 Å². The minimum absolute atomic E-state index is 0.0371. The maximum atomic E-state index is 13.2. The number of carbonyl (C=O) groups is 4. The zero-order valence-electron chi connectivity index (χ0n) is 23.5. The SMILES string of the molecule is C=CC[C@H](CC(=O)N[C@H](C)CO)C(=O)N[C@H](COC(=O)[C@@H](CC=C)Cc1ccccc1)C(=O)OCc1ccccc1. The lowest BCUT2D eigenvalue weighted by molar-refractivity contribution is -0.157. The van der Waals surface area contributed by atoms with Crippen LogP contribution < -0.4 is 10.6 Å². The van der Waals surface area contributed by atoms with Crippen LogP contribution in [0.2, 0.25) is 0 Å². The van der Waals surface area contributed by atoms with E-state index in [-0.39, 0.29) is 26.1 Å². The van der Waals surface area contributed by atoms with E-state index in [1.54, 1.807) is 37.3 Å². The molecule has 0 aliphatic carbocycles. The summed E-state index contributed by atoms with van der Waals surface area (Å²) in [5, 5.41) is 14.4. The number of allylic oxidation sites excluding steroid dienone is 2. The lowest BCUT2D eigenvalue weighted by Gasteiger charge is -2.22. The summed E-state index contributed by atoms with van der Waals surface area (Å²) < 4.78 is 11.0. The highest BCUT2D eigenvalue weighted by Crippen LogP contribution is 2.16. The van der Waals surface area contributed by atoms with Gasteiger partial charge in [0.05, 0.1) is 18.4 Å². The Hall–Kier alpha value is -4.24. The predicted molar refractivity (Wildman–Crippen MR) is 155 cm³/mol. The normalized spacial score (nSPS) is 13.5. The summed E-state index contributed by atoms with van der Waals surface area (Å²) in [4.78, 5) is 51.7. The molecular weight excluding hydrogens is 524 g/mol. The number of hydrogen-bond donors (Lipinski definition) is 3. The van der Waals surface area contributed by atoms with Crippen molar-refractivity contribution in [2.24, 2.45) is 11.8 Å². The summed E-state index contributed by atoms with van der Waals surface area (Å²) in [5.74, 6) is -3.72. The number of rotatable bonds is 18. The molecule has 0 fully saturated rings. The molecule has 0 aromatic heterocycles. The predicted octanol–water partition coefficient (Wildman–Crippen LogP) is 3.27. The van der Waals surface area contributed by atoms with Crippen LogP contribution >= 0.6 is 0 Å². The third kappa shape index (κ3) is 12.2. The number of benzene rings is 2. The molecule has 2 aromatic carbocycles. The second-order valence-electron chi connectivity index (χ2n) is 9.77. The highest BCUT2D eigenvalue weighted by molar-refractivity contribution is 5.89. The van der Waals surface area contributed by atoms with E-state index in [1.165, 1.54) is 6.08 Å². The number of aliphatic hydroxyl groups is 1. The van der Waals surface area contributed by atoms with Gasteiger partial charge in [0.25, 0.3) is 0 Å². The van der Waals surface area contributed by atoms with Gasteiger partial charge in [-0.05, 0) is 37.3 Å². The topological polar surface area (TPSA) is 131 Å². The van der Waals surface area contributed by atoms with E-state index in [9.17, 15) is 24.3 Å². The van der Waals surface area contributed by atoms with Gasteiger partial charge < -0.3 is 25.2 Å². The molecule has 0 aliphatic heterocycles. The van der Waals surface area contributed by atoms with Crippen molar-refractivity contribution >= 4 is 23.8 Å². The zero-order chi connectivity index (χ0) is 30.0. The Morgan fingerprint density at radius 2 is 1.41 bits per heavy atom. The van der Waals surface area contributed by atoms with Gasteiger partial charge in [-0.2, -0.15) is 0 Å². The van der Waals surface area contributed by atoms with E-state index >= 15 is 0 Å². The van der Waals surface area contributed by atoms with Crippen LogP contribution in [0.25, 0.3) is 0 Å². The van der Waals surface area contributed by atoms with Crippen LogP contribution in [0.1, 0.15) is 37.3 Å². The molecule has 9 heteroatoms. The Labute approximate surface area is 241 Å². The van der Waals surface area contributed by atoms with Gasteiger partial charge in [0.1, 0.15) is 13.2 Å². The van der Waals surface area contributed by atoms with E-state index in [0.717, 1.165) is 11.1 Å². The van der Waals surface area contributed by atoms with Crippen molar-refractivity contribution in [3.63, 3.8) is 0 Å². The minimum Gasteiger partial charge on any atom is -0.463 e. The molecular formula is C32H40N2O7. The fourth-order valence-corrected chi connectivity index (χ4v) is 4.02. The number of ether oxygens (including phenoxy) is 2. The molecule has 0 spiro atoms. The van der Waals surface area contributed by atoms with Gasteiger partial charge >= 0.3 is 11.9 Å². The standard InChI is InChI=1S/C32H40N2O7/c1-4-12-26(19-29(36)33-23(3)20-35)30(37)34-28(32(39)40-21-25-16-10-7-11-17-25)22-41-31(38)27(13-5-2)18-24-14-8-6-9-15-24/h4-11,14-17,23,26-28,35H,1-2,12-13,18-22H2,3H3,(H,33,36)(H,34,37)/t23-,26-,27+,28-/m1/s1. The molecule has 2 aromatic rings. The molecule has 0 saturated heterocycles. The van der Waals surface area contributed by atoms with E-state index in [2.05, 4.69) is 23.8 Å². The largest absolute Gasteiger partial charge is 0.463 e. The highest BCUT2D eigenvalue weighted by atomic mass is 16.6. The first-order chi connectivity index (χ1) is 19.8. The van der Waals surface area contributed by atoms with Gasteiger partial charge in [-0.1, -0.05) is 72.8 Å². The molecule has 2 amide bonds. The Kier molecular flexibility index (Phi) is 14.6. The Morgan fingerprint density at radius 3 is 2.00 bits per heavy atom. The van der Waals surface area contributed by atoms with Crippen LogP contribution in [-0.2, 0) is 41.7 Å². The molecule has 0 bridgehead atoms. The molecule has 0 aliphatic rings. The number of hydrogen-bond acceptors (Lipinski definition) is 7. The Balaban J connectivity index is 2.14. The zero-order valence-corrected chi connectivity index (χ0v) is 23.5. The van der Waals surface area contributed by atoms with E-state index in [0.29, 0.717) is 12.8 Å². The molecule has 2 rings (SSSR count). The summed E-state index contributed by atoms with van der Waals surface area (Å²) in [6.45, 7) is 8.28. The number of esters is 2. The Bertz CT molecular complexity index is 1140. The van der Waals surface area contributed by atoms with Crippen molar-refractivity contribution in [1.82, 2.24) is 10.6 Å². The molecule has 3 N–H and O–H groups in total. The quantitative estimate of drug-likeness (QED) is 0.187. The van der Waals surface area contributed by atoms with Gasteiger partial charge in [0.2, 0.25) is 11.8 Å². The summed E-state index contributed by atoms with van der Waals surface area (Å²) in [5.41, 5.74) is 1.69. The average molecular weight is 565 g/mol. The van der Waals surface area contributed by atoms with Crippen molar-refractivity contribution in [1.29, 1.82) is 0 Å². The molecule has 220 valence electrons. The van der Waals surface area contributed by atoms with Crippen molar-refractivity contribution in [2.45, 2.75) is 51.3 Å². The van der Waals surface area contributed by atoms with Gasteiger partial charge in [-0.15, -0.1) is 13.2 Å². The number of nitrogens with one attached hydrogen (secondary N) is 2. The van der Waals surface area contributed by atoms with Crippen LogP contribution in [0, 0.1) is 11.8 Å². The van der Waals surface area contributed by atoms with Crippen molar-refractivity contribution in [3.8, 4) is 0 Å². The van der Waals surface area contributed by atoms with Gasteiger partial charge in [0, 0.05) is 12.5 Å². The second-order valence-corrected chi connectivity index (χ2v) is 9.77. The second kappa shape index (κ2) is 18.2. The first-order valence-electron chi connectivity index (χ1n) is 13.6. The lowest BCUT2D eigenvalue weighted by atomic mass is 9.96. The number of amides is 2. The van der Waals surface area contributed by atoms with Crippen LogP contribution in [0.5, 0.6) is 0 Å². The minimum atomic E-state index is -1.30. The molecule has 9 nitrogen and oxygen atoms in total. The van der Waals surface area contributed by atoms with Gasteiger partial charge in [0.15, 0.2) is 6.04 Å². The highest BCUT2D eigenvalue weighted by Gasteiger charge is 2.30. The fraction of sp³-hybridized carbons (Fsp3) is 0.375. The first-order valence-corrected chi connectivity index (χ1v) is 13.6. The van der Waals surface area contributed by atoms with Crippen LogP contribution in [-0.4, -0.2) is 54.2 Å². The van der Waals surface area contributed by atoms with Crippen molar-refractivity contribution < 1.29 is 33.8 Å². The molecule has 0 unspecified atom stereocenters. The van der Waals surface area contributed by atoms with E-state index in [1.807, 2.05) is 36.4 Å². The Morgan fingerprint density at radius 1 is 0.829 bits per heavy atom. The van der Waals surface area contributed by atoms with Gasteiger partial charge in [-0.3, -0.25) is 14.4 Å². The molecule has 0 saturated carbocycles. The number of aliphatic hydroxyl groups excluding tert-OH is 1. The lowest BCUT2D eigenvalue weighted by Crippen LogP contribution is -2.48. The number of carbonyl (C=O) groups excluding carboxylic acids is 4. The molecule has 0 radical (unpaired) electrons. The van der Waals surface area contributed by atoms with Crippen LogP contribution in [0.3, 0.4) is 0 Å². The maximum absolute atomic E-state index is 13.2. The van der Waals surface area contributed by atoms with E-state index in [4.69, 9.17) is 9.47 Å². The van der Waals surface area contributed by atoms with Gasteiger partial charge in [-0.25, -0.2) is 4.79 Å². The monoisotopic (exact) mass is 564 g/mol. The maximum Gasteiger partial charge on any atom is 0.332 e. The fourth-order valence-electron chi connectivity index (χ4n) is 4.02. The average Bonchev–Trinajstić information content (AvgIpc) is 2.98. The smallest absolute Gasteiger partial charge is 0.332 e. The van der Waals surface area contributed by atoms with E-state index < -0.39 is 54.3 Å². The summed E-state index contributed by atoms with van der Waals surface area (Å²) in [6.07, 6.45) is 3.89. The first kappa shape index (κ1) is 33.0. The van der Waals surface area contributed by atoms with Crippen molar-refractivity contribution in [3.05, 3.63) is 97.1 Å². The summed E-state index contributed by atoms with van der Waals surface area (Å²) >= 11 is 0. The third-order valence-corrected chi connectivity index (χ3v) is 6.26. The summed E-state index contributed by atoms with van der Waals surface area (Å²) in [6, 6.07) is 16.7. The summed E-state index contributed by atoms with van der Waals surface area (Å²) in [7, 11) is 0. The van der Waals surface area contributed by atoms with Crippen LogP contribution in [0.4, 0.5) is 0 Å². The molecule has 4 atom stereocenters. The third-order valence-electron chi connectivity index (χ3n) is 6.26. The van der Waals surface area contributed by atoms with Crippen molar-refractivity contribution in [2.75, 3.05) is 13.2 Å².